The fourth-order valence-electron chi connectivity index (χ4n) is 4.43. The monoisotopic (exact) mass is 518 g/mol. The predicted octanol–water partition coefficient (Wildman–Crippen LogP) is 3.23. The van der Waals surface area contributed by atoms with Gasteiger partial charge in [-0.1, -0.05) is 6.07 Å². The molecule has 12 heteroatoms. The molecule has 3 aromatic heterocycles. The van der Waals surface area contributed by atoms with Crippen molar-refractivity contribution in [3.8, 4) is 17.2 Å². The molecule has 4 aromatic rings. The van der Waals surface area contributed by atoms with Crippen LogP contribution in [0.4, 0.5) is 17.5 Å². The Kier molecular flexibility index (Phi) is 7.38. The molecule has 0 unspecified atom stereocenters. The van der Waals surface area contributed by atoms with Gasteiger partial charge in [0.15, 0.2) is 28.5 Å². The summed E-state index contributed by atoms with van der Waals surface area (Å²) in [7, 11) is 4.68. The molecule has 0 spiro atoms. The molecule has 0 saturated carbocycles. The van der Waals surface area contributed by atoms with Gasteiger partial charge in [-0.3, -0.25) is 9.78 Å². The van der Waals surface area contributed by atoms with Gasteiger partial charge in [0.2, 0.25) is 17.6 Å². The lowest BCUT2D eigenvalue weighted by Crippen LogP contribution is -2.28. The average molecular weight is 519 g/mol. The summed E-state index contributed by atoms with van der Waals surface area (Å²) in [4.78, 5) is 32.2. The van der Waals surface area contributed by atoms with Crippen LogP contribution in [0.5, 0.6) is 17.2 Å². The summed E-state index contributed by atoms with van der Waals surface area (Å²) in [5.41, 5.74) is 2.95. The fourth-order valence-corrected chi connectivity index (χ4v) is 4.43. The van der Waals surface area contributed by atoms with Crippen molar-refractivity contribution < 1.29 is 19.0 Å². The summed E-state index contributed by atoms with van der Waals surface area (Å²) >= 11 is 0. The molecule has 0 aliphatic carbocycles. The zero-order valence-electron chi connectivity index (χ0n) is 21.6. The van der Waals surface area contributed by atoms with Gasteiger partial charge in [0.25, 0.3) is 0 Å². The Morgan fingerprint density at radius 1 is 1.05 bits per heavy atom. The number of aromatic nitrogens is 5. The van der Waals surface area contributed by atoms with E-state index in [1.54, 1.807) is 52.2 Å². The summed E-state index contributed by atoms with van der Waals surface area (Å²) in [6.45, 7) is 2.47. The smallest absolute Gasteiger partial charge is 0.231 e. The molecule has 4 heterocycles. The van der Waals surface area contributed by atoms with Crippen LogP contribution in [-0.4, -0.2) is 69.7 Å². The van der Waals surface area contributed by atoms with Gasteiger partial charge in [-0.05, 0) is 18.1 Å². The van der Waals surface area contributed by atoms with Crippen LogP contribution in [-0.2, 0) is 17.9 Å². The first-order valence-electron chi connectivity index (χ1n) is 12.3. The Bertz CT molecular complexity index is 1400. The van der Waals surface area contributed by atoms with Gasteiger partial charge in [-0.25, -0.2) is 4.98 Å². The molecule has 1 amide bonds. The highest BCUT2D eigenvalue weighted by atomic mass is 16.5. The van der Waals surface area contributed by atoms with E-state index >= 15 is 0 Å². The average Bonchev–Trinajstić information content (AvgIpc) is 3.55. The van der Waals surface area contributed by atoms with Crippen LogP contribution in [0.15, 0.2) is 43.0 Å². The minimum atomic E-state index is 0.188. The first kappa shape index (κ1) is 25.1. The van der Waals surface area contributed by atoms with Crippen LogP contribution in [0, 0.1) is 0 Å². The van der Waals surface area contributed by atoms with Crippen molar-refractivity contribution in [2.24, 2.45) is 0 Å². The molecule has 0 atom stereocenters. The number of hydrogen-bond donors (Lipinski definition) is 2. The number of fused-ring (bicyclic) bond motifs is 1. The lowest BCUT2D eigenvalue weighted by Gasteiger charge is -2.16. The van der Waals surface area contributed by atoms with Gasteiger partial charge < -0.3 is 34.3 Å². The quantitative estimate of drug-likeness (QED) is 0.305. The maximum absolute atomic E-state index is 12.1. The van der Waals surface area contributed by atoms with E-state index in [0.29, 0.717) is 71.9 Å². The fraction of sp³-hybridized carbons (Fsp3) is 0.346. The van der Waals surface area contributed by atoms with E-state index in [1.807, 2.05) is 21.6 Å². The summed E-state index contributed by atoms with van der Waals surface area (Å²) in [6, 6.07) is 7.44. The van der Waals surface area contributed by atoms with Gasteiger partial charge in [-0.2, -0.15) is 9.97 Å². The van der Waals surface area contributed by atoms with E-state index in [-0.39, 0.29) is 5.91 Å². The summed E-state index contributed by atoms with van der Waals surface area (Å²) < 4.78 is 18.3. The second-order valence-corrected chi connectivity index (χ2v) is 8.74. The highest BCUT2D eigenvalue weighted by molar-refractivity contribution is 5.85. The number of imidazole rings is 1. The molecule has 198 valence electrons. The number of anilines is 3. The first-order chi connectivity index (χ1) is 18.6. The minimum Gasteiger partial charge on any atom is -0.493 e. The zero-order valence-corrected chi connectivity index (χ0v) is 21.6. The van der Waals surface area contributed by atoms with Gasteiger partial charge >= 0.3 is 0 Å². The number of hydrogen-bond acceptors (Lipinski definition) is 10. The molecular formula is C26H30N8O4. The Morgan fingerprint density at radius 2 is 1.87 bits per heavy atom. The van der Waals surface area contributed by atoms with Crippen molar-refractivity contribution in [3.05, 3.63) is 48.5 Å². The number of ether oxygens (including phenoxy) is 3. The Labute approximate surface area is 220 Å². The van der Waals surface area contributed by atoms with Crippen molar-refractivity contribution in [1.29, 1.82) is 0 Å². The lowest BCUT2D eigenvalue weighted by atomic mass is 10.2. The molecule has 1 aliphatic heterocycles. The molecule has 5 rings (SSSR count). The molecule has 38 heavy (non-hydrogen) atoms. The number of rotatable bonds is 11. The SMILES string of the molecule is COc1cc(Nc2nc(NCc3cccnc3)c3ncn(CCN4CCCC4=O)c3n2)cc(OC)c1OC. The largest absolute Gasteiger partial charge is 0.493 e. The van der Waals surface area contributed by atoms with E-state index in [9.17, 15) is 4.79 Å². The van der Waals surface area contributed by atoms with Crippen molar-refractivity contribution in [2.45, 2.75) is 25.9 Å². The normalized spacial score (nSPS) is 13.1. The number of likely N-dealkylation sites (tertiary alicyclic amines) is 1. The highest BCUT2D eigenvalue weighted by Crippen LogP contribution is 2.40. The van der Waals surface area contributed by atoms with Crippen molar-refractivity contribution in [2.75, 3.05) is 45.1 Å². The number of methoxy groups -OCH3 is 3. The number of carbonyl (C=O) groups is 1. The Morgan fingerprint density at radius 3 is 2.53 bits per heavy atom. The molecule has 1 aliphatic rings. The van der Waals surface area contributed by atoms with E-state index in [2.05, 4.69) is 20.6 Å². The van der Waals surface area contributed by atoms with Crippen molar-refractivity contribution >= 4 is 34.5 Å². The Balaban J connectivity index is 1.48. The summed E-state index contributed by atoms with van der Waals surface area (Å²) in [6.07, 6.45) is 6.78. The van der Waals surface area contributed by atoms with Crippen LogP contribution in [0.25, 0.3) is 11.2 Å². The number of benzene rings is 1. The second-order valence-electron chi connectivity index (χ2n) is 8.74. The Hall–Kier alpha value is -4.61. The maximum Gasteiger partial charge on any atom is 0.231 e. The van der Waals surface area contributed by atoms with E-state index in [0.717, 1.165) is 18.5 Å². The lowest BCUT2D eigenvalue weighted by molar-refractivity contribution is -0.127. The predicted molar refractivity (Wildman–Crippen MR) is 142 cm³/mol. The van der Waals surface area contributed by atoms with Crippen molar-refractivity contribution in [3.63, 3.8) is 0 Å². The van der Waals surface area contributed by atoms with Crippen LogP contribution in [0.2, 0.25) is 0 Å². The van der Waals surface area contributed by atoms with Gasteiger partial charge in [0.1, 0.15) is 0 Å². The van der Waals surface area contributed by atoms with Gasteiger partial charge in [0.05, 0.1) is 27.7 Å². The van der Waals surface area contributed by atoms with Crippen LogP contribution < -0.4 is 24.8 Å². The van der Waals surface area contributed by atoms with Gasteiger partial charge in [-0.15, -0.1) is 0 Å². The third-order valence-electron chi connectivity index (χ3n) is 6.35. The van der Waals surface area contributed by atoms with Crippen LogP contribution in [0.1, 0.15) is 18.4 Å². The molecule has 1 saturated heterocycles. The maximum atomic E-state index is 12.1. The molecular weight excluding hydrogens is 488 g/mol. The topological polar surface area (TPSA) is 129 Å². The zero-order chi connectivity index (χ0) is 26.5. The van der Waals surface area contributed by atoms with Crippen LogP contribution in [0.3, 0.4) is 0 Å². The summed E-state index contributed by atoms with van der Waals surface area (Å²) in [5, 5.41) is 6.63. The molecule has 1 aromatic carbocycles. The number of pyridine rings is 1. The first-order valence-corrected chi connectivity index (χ1v) is 12.3. The van der Waals surface area contributed by atoms with E-state index < -0.39 is 0 Å². The third-order valence-corrected chi connectivity index (χ3v) is 6.35. The van der Waals surface area contributed by atoms with Gasteiger partial charge in [0, 0.05) is 62.8 Å². The number of carbonyl (C=O) groups excluding carboxylic acids is 1. The molecule has 0 bridgehead atoms. The molecule has 12 nitrogen and oxygen atoms in total. The standard InChI is InChI=1S/C26H30N8O4/c1-36-19-12-18(13-20(37-2)23(19)38-3)30-26-31-24(28-15-17-6-4-8-27-14-17)22-25(32-26)34(16-29-22)11-10-33-9-5-7-21(33)35/h4,6,8,12-14,16H,5,7,9-11,15H2,1-3H3,(H2,28,30,31,32). The van der Waals surface area contributed by atoms with Crippen molar-refractivity contribution in [1.82, 2.24) is 29.4 Å². The second kappa shape index (κ2) is 11.2. The molecule has 1 fully saturated rings. The number of amides is 1. The summed E-state index contributed by atoms with van der Waals surface area (Å²) in [5.74, 6) is 2.62. The van der Waals surface area contributed by atoms with E-state index in [1.165, 1.54) is 0 Å². The number of nitrogens with zero attached hydrogens (tertiary/aromatic N) is 6. The minimum absolute atomic E-state index is 0.188. The van der Waals surface area contributed by atoms with Crippen LogP contribution >= 0.6 is 0 Å². The highest BCUT2D eigenvalue weighted by Gasteiger charge is 2.21. The van der Waals surface area contributed by atoms with E-state index in [4.69, 9.17) is 24.2 Å². The molecule has 0 radical (unpaired) electrons. The third kappa shape index (κ3) is 5.24. The molecule has 2 N–H and O–H groups in total. The number of nitrogens with one attached hydrogen (secondary N) is 2.